The summed E-state index contributed by atoms with van der Waals surface area (Å²) in [6.45, 7) is 0. The van der Waals surface area contributed by atoms with Crippen LogP contribution in [0.3, 0.4) is 0 Å². The summed E-state index contributed by atoms with van der Waals surface area (Å²) >= 11 is 1.56. The minimum absolute atomic E-state index is 0.801. The van der Waals surface area contributed by atoms with Crippen molar-refractivity contribution in [1.29, 1.82) is 0 Å². The Morgan fingerprint density at radius 3 is 2.21 bits per heavy atom. The number of ether oxygens (including phenoxy) is 1. The molecule has 0 saturated heterocycles. The maximum atomic E-state index is 5.84. The lowest BCUT2D eigenvalue weighted by molar-refractivity contribution is 0.483. The summed E-state index contributed by atoms with van der Waals surface area (Å²) in [5.41, 5.74) is 3.02. The molecular weight excluding hydrogens is 366 g/mol. The highest BCUT2D eigenvalue weighted by molar-refractivity contribution is 7.14. The van der Waals surface area contributed by atoms with Gasteiger partial charge in [-0.25, -0.2) is 9.99 Å². The number of thiazole rings is 1. The first-order chi connectivity index (χ1) is 13.8. The van der Waals surface area contributed by atoms with E-state index in [1.54, 1.807) is 16.3 Å². The molecule has 0 bridgehead atoms. The molecule has 0 aliphatic rings. The Hall–Kier alpha value is -3.44. The number of hydrogen-bond acceptors (Lipinski definition) is 5. The highest BCUT2D eigenvalue weighted by atomic mass is 32.1. The standard InChI is InChI=1S/C23H19N3OS/c1-26(24-16-18-8-4-2-5-9-18)23-25-22(17-28-23)19-12-14-21(15-13-19)27-20-10-6-3-7-11-20/h2-17H,1H3/b24-16+. The van der Waals surface area contributed by atoms with E-state index in [-0.39, 0.29) is 0 Å². The summed E-state index contributed by atoms with van der Waals surface area (Å²) in [6.07, 6.45) is 1.83. The number of nitrogens with zero attached hydrogens (tertiary/aromatic N) is 3. The zero-order valence-corrected chi connectivity index (χ0v) is 16.2. The van der Waals surface area contributed by atoms with Crippen LogP contribution in [0.1, 0.15) is 5.56 Å². The van der Waals surface area contributed by atoms with Gasteiger partial charge in [-0.15, -0.1) is 11.3 Å². The second-order valence-corrected chi connectivity index (χ2v) is 6.97. The summed E-state index contributed by atoms with van der Waals surface area (Å²) in [5, 5.41) is 9.13. The SMILES string of the molecule is CN(/N=C/c1ccccc1)c1nc(-c2ccc(Oc3ccccc3)cc2)cs1. The van der Waals surface area contributed by atoms with Gasteiger partial charge in [0.25, 0.3) is 0 Å². The molecule has 0 aliphatic heterocycles. The summed E-state index contributed by atoms with van der Waals surface area (Å²) < 4.78 is 5.84. The van der Waals surface area contributed by atoms with Crippen molar-refractivity contribution in [3.05, 3.63) is 95.9 Å². The minimum atomic E-state index is 0.801. The molecule has 28 heavy (non-hydrogen) atoms. The Labute approximate surface area is 168 Å². The van der Waals surface area contributed by atoms with Crippen LogP contribution in [-0.2, 0) is 0 Å². The highest BCUT2D eigenvalue weighted by Gasteiger charge is 2.08. The molecule has 0 aliphatic carbocycles. The lowest BCUT2D eigenvalue weighted by Crippen LogP contribution is -2.08. The Morgan fingerprint density at radius 2 is 1.50 bits per heavy atom. The van der Waals surface area contributed by atoms with E-state index >= 15 is 0 Å². The third kappa shape index (κ3) is 4.45. The molecule has 4 rings (SSSR count). The van der Waals surface area contributed by atoms with Crippen LogP contribution in [0.25, 0.3) is 11.3 Å². The number of rotatable bonds is 6. The first-order valence-corrected chi connectivity index (χ1v) is 9.77. The molecule has 4 nitrogen and oxygen atoms in total. The minimum Gasteiger partial charge on any atom is -0.457 e. The normalized spacial score (nSPS) is 10.9. The number of benzene rings is 3. The van der Waals surface area contributed by atoms with Crippen molar-refractivity contribution >= 4 is 22.7 Å². The van der Waals surface area contributed by atoms with Gasteiger partial charge in [-0.3, -0.25) is 0 Å². The van der Waals surface area contributed by atoms with Gasteiger partial charge in [-0.2, -0.15) is 5.10 Å². The monoisotopic (exact) mass is 385 g/mol. The second kappa shape index (κ2) is 8.50. The fourth-order valence-corrected chi connectivity index (χ4v) is 3.36. The van der Waals surface area contributed by atoms with Gasteiger partial charge in [-0.1, -0.05) is 48.5 Å². The average molecular weight is 385 g/mol. The third-order valence-electron chi connectivity index (χ3n) is 4.08. The Morgan fingerprint density at radius 1 is 0.857 bits per heavy atom. The van der Waals surface area contributed by atoms with Crippen molar-refractivity contribution in [2.75, 3.05) is 12.1 Å². The molecule has 1 heterocycles. The summed E-state index contributed by atoms with van der Waals surface area (Å²) in [6, 6.07) is 27.7. The smallest absolute Gasteiger partial charge is 0.206 e. The van der Waals surface area contributed by atoms with Gasteiger partial charge in [0, 0.05) is 18.0 Å². The molecule has 4 aromatic rings. The van der Waals surface area contributed by atoms with Crippen molar-refractivity contribution in [3.63, 3.8) is 0 Å². The van der Waals surface area contributed by atoms with Crippen LogP contribution < -0.4 is 9.75 Å². The molecule has 0 atom stereocenters. The fraction of sp³-hybridized carbons (Fsp3) is 0.0435. The molecular formula is C23H19N3OS. The van der Waals surface area contributed by atoms with Crippen LogP contribution >= 0.6 is 11.3 Å². The van der Waals surface area contributed by atoms with Gasteiger partial charge in [-0.05, 0) is 42.0 Å². The molecule has 1 aromatic heterocycles. The molecule has 0 N–H and O–H groups in total. The fourth-order valence-electron chi connectivity index (χ4n) is 2.61. The largest absolute Gasteiger partial charge is 0.457 e. The number of hydrogen-bond donors (Lipinski definition) is 0. The van der Waals surface area contributed by atoms with Crippen LogP contribution in [0.15, 0.2) is 95.4 Å². The predicted molar refractivity (Wildman–Crippen MR) is 117 cm³/mol. The summed E-state index contributed by atoms with van der Waals surface area (Å²) in [4.78, 5) is 4.70. The Balaban J connectivity index is 1.44. The second-order valence-electron chi connectivity index (χ2n) is 6.13. The van der Waals surface area contributed by atoms with Crippen molar-refractivity contribution in [1.82, 2.24) is 4.98 Å². The van der Waals surface area contributed by atoms with Crippen molar-refractivity contribution < 1.29 is 4.74 Å². The van der Waals surface area contributed by atoms with Gasteiger partial charge in [0.1, 0.15) is 11.5 Å². The zero-order chi connectivity index (χ0) is 19.2. The van der Waals surface area contributed by atoms with Crippen molar-refractivity contribution in [2.24, 2.45) is 5.10 Å². The molecule has 0 spiro atoms. The van der Waals surface area contributed by atoms with E-state index in [0.29, 0.717) is 0 Å². The predicted octanol–water partition coefficient (Wildman–Crippen LogP) is 6.07. The van der Waals surface area contributed by atoms with E-state index in [1.807, 2.05) is 104 Å². The number of para-hydroxylation sites is 1. The number of aromatic nitrogens is 1. The molecule has 5 heteroatoms. The number of hydrazone groups is 1. The summed E-state index contributed by atoms with van der Waals surface area (Å²) in [5.74, 6) is 1.62. The number of anilines is 1. The lowest BCUT2D eigenvalue weighted by atomic mass is 10.2. The van der Waals surface area contributed by atoms with E-state index in [1.165, 1.54) is 0 Å². The zero-order valence-electron chi connectivity index (χ0n) is 15.4. The van der Waals surface area contributed by atoms with Crippen LogP contribution in [0.4, 0.5) is 5.13 Å². The van der Waals surface area contributed by atoms with Crippen LogP contribution in [-0.4, -0.2) is 18.2 Å². The van der Waals surface area contributed by atoms with Crippen molar-refractivity contribution in [3.8, 4) is 22.8 Å². The van der Waals surface area contributed by atoms with Crippen molar-refractivity contribution in [2.45, 2.75) is 0 Å². The quantitative estimate of drug-likeness (QED) is 0.298. The maximum absolute atomic E-state index is 5.84. The third-order valence-corrected chi connectivity index (χ3v) is 4.98. The van der Waals surface area contributed by atoms with E-state index in [4.69, 9.17) is 9.72 Å². The maximum Gasteiger partial charge on any atom is 0.206 e. The molecule has 0 saturated carbocycles. The van der Waals surface area contributed by atoms with Gasteiger partial charge >= 0.3 is 0 Å². The topological polar surface area (TPSA) is 37.7 Å². The molecule has 0 amide bonds. The summed E-state index contributed by atoms with van der Waals surface area (Å²) in [7, 11) is 1.90. The Kier molecular flexibility index (Phi) is 5.45. The average Bonchev–Trinajstić information content (AvgIpc) is 3.24. The molecule has 0 fully saturated rings. The van der Waals surface area contributed by atoms with Gasteiger partial charge in [0.05, 0.1) is 11.9 Å². The van der Waals surface area contributed by atoms with Crippen LogP contribution in [0, 0.1) is 0 Å². The van der Waals surface area contributed by atoms with Crippen LogP contribution in [0.5, 0.6) is 11.5 Å². The molecule has 0 radical (unpaired) electrons. The van der Waals surface area contributed by atoms with E-state index < -0.39 is 0 Å². The molecule has 138 valence electrons. The van der Waals surface area contributed by atoms with Crippen LogP contribution in [0.2, 0.25) is 0 Å². The molecule has 0 unspecified atom stereocenters. The van der Waals surface area contributed by atoms with Gasteiger partial charge in [0.2, 0.25) is 5.13 Å². The lowest BCUT2D eigenvalue weighted by Gasteiger charge is -2.08. The molecule has 3 aromatic carbocycles. The first-order valence-electron chi connectivity index (χ1n) is 8.89. The Bertz CT molecular complexity index is 1040. The highest BCUT2D eigenvalue weighted by Crippen LogP contribution is 2.29. The first kappa shape index (κ1) is 17.9. The van der Waals surface area contributed by atoms with Gasteiger partial charge in [0.15, 0.2) is 0 Å². The van der Waals surface area contributed by atoms with E-state index in [2.05, 4.69) is 5.10 Å². The van der Waals surface area contributed by atoms with Gasteiger partial charge < -0.3 is 4.74 Å². The van der Waals surface area contributed by atoms with E-state index in [9.17, 15) is 0 Å². The van der Waals surface area contributed by atoms with E-state index in [0.717, 1.165) is 33.5 Å².